The first-order valence-electron chi connectivity index (χ1n) is 6.23. The lowest BCUT2D eigenvalue weighted by molar-refractivity contribution is 0.0951. The molecule has 0 saturated heterocycles. The molecule has 1 aromatic heterocycles. The Morgan fingerprint density at radius 2 is 2.20 bits per heavy atom. The van der Waals surface area contributed by atoms with Gasteiger partial charge < -0.3 is 16.0 Å². The molecule has 0 bridgehead atoms. The number of carbonyl (C=O) groups is 1. The molecule has 2 aromatic rings. The summed E-state index contributed by atoms with van der Waals surface area (Å²) in [5.41, 5.74) is 8.96. The third-order valence-electron chi connectivity index (χ3n) is 2.84. The van der Waals surface area contributed by atoms with Gasteiger partial charge in [0.2, 0.25) is 0 Å². The molecule has 5 nitrogen and oxygen atoms in total. The van der Waals surface area contributed by atoms with Crippen LogP contribution in [0.3, 0.4) is 0 Å². The predicted molar refractivity (Wildman–Crippen MR) is 83.2 cm³/mol. The summed E-state index contributed by atoms with van der Waals surface area (Å²) in [5.74, 6) is -0.144. The third-order valence-corrected chi connectivity index (χ3v) is 3.80. The zero-order valence-electron chi connectivity index (χ0n) is 11.8. The van der Waals surface area contributed by atoms with Gasteiger partial charge in [-0.25, -0.2) is 4.98 Å². The number of aryl methyl sites for hydroxylation is 1. The van der Waals surface area contributed by atoms with Crippen LogP contribution in [0.4, 0.5) is 11.4 Å². The van der Waals surface area contributed by atoms with Gasteiger partial charge in [0.05, 0.1) is 17.9 Å². The molecule has 1 amide bonds. The van der Waals surface area contributed by atoms with Crippen LogP contribution in [-0.2, 0) is 6.54 Å². The summed E-state index contributed by atoms with van der Waals surface area (Å²) in [7, 11) is 3.83. The first-order valence-corrected chi connectivity index (χ1v) is 7.11. The van der Waals surface area contributed by atoms with Gasteiger partial charge in [-0.05, 0) is 25.1 Å². The number of thiazole rings is 1. The van der Waals surface area contributed by atoms with E-state index in [9.17, 15) is 4.79 Å². The Labute approximate surface area is 122 Å². The number of anilines is 2. The number of hydrogen-bond acceptors (Lipinski definition) is 5. The Hall–Kier alpha value is -2.08. The Morgan fingerprint density at radius 1 is 1.45 bits per heavy atom. The molecule has 0 saturated carbocycles. The number of amides is 1. The van der Waals surface area contributed by atoms with E-state index in [4.69, 9.17) is 5.73 Å². The van der Waals surface area contributed by atoms with Crippen LogP contribution in [0.2, 0.25) is 0 Å². The average Bonchev–Trinajstić information content (AvgIpc) is 2.81. The van der Waals surface area contributed by atoms with Crippen LogP contribution in [0.5, 0.6) is 0 Å². The minimum Gasteiger partial charge on any atom is -0.397 e. The first kappa shape index (κ1) is 14.3. The van der Waals surface area contributed by atoms with Crippen LogP contribution < -0.4 is 16.0 Å². The van der Waals surface area contributed by atoms with Gasteiger partial charge in [0.1, 0.15) is 5.01 Å². The second-order valence-corrected chi connectivity index (χ2v) is 5.68. The largest absolute Gasteiger partial charge is 0.397 e. The molecule has 0 unspecified atom stereocenters. The van der Waals surface area contributed by atoms with Crippen molar-refractivity contribution in [3.05, 3.63) is 39.8 Å². The van der Waals surface area contributed by atoms with Crippen molar-refractivity contribution in [1.82, 2.24) is 10.3 Å². The number of benzene rings is 1. The molecule has 0 aliphatic carbocycles. The zero-order valence-corrected chi connectivity index (χ0v) is 12.6. The molecule has 20 heavy (non-hydrogen) atoms. The molecule has 106 valence electrons. The third kappa shape index (κ3) is 3.27. The molecule has 6 heteroatoms. The molecule has 1 aromatic carbocycles. The van der Waals surface area contributed by atoms with E-state index in [1.165, 1.54) is 11.3 Å². The standard InChI is InChI=1S/C14H18N4OS/c1-9-8-20-13(17-9)7-16-14(19)10-4-5-12(18(2)3)11(15)6-10/h4-6,8H,7,15H2,1-3H3,(H,16,19). The van der Waals surface area contributed by atoms with Crippen LogP contribution in [0.15, 0.2) is 23.6 Å². The Kier molecular flexibility index (Phi) is 4.24. The maximum Gasteiger partial charge on any atom is 0.251 e. The second kappa shape index (κ2) is 5.92. The molecule has 0 atom stereocenters. The summed E-state index contributed by atoms with van der Waals surface area (Å²) in [6.07, 6.45) is 0. The molecule has 3 N–H and O–H groups in total. The van der Waals surface area contributed by atoms with Crippen molar-refractivity contribution in [1.29, 1.82) is 0 Å². The highest BCUT2D eigenvalue weighted by molar-refractivity contribution is 7.09. The predicted octanol–water partition coefficient (Wildman–Crippen LogP) is 2.03. The molecular formula is C14H18N4OS. The van der Waals surface area contributed by atoms with Gasteiger partial charge in [0.15, 0.2) is 0 Å². The van der Waals surface area contributed by atoms with Crippen molar-refractivity contribution in [3.8, 4) is 0 Å². The molecular weight excluding hydrogens is 272 g/mol. The maximum absolute atomic E-state index is 12.1. The van der Waals surface area contributed by atoms with Crippen LogP contribution in [0.25, 0.3) is 0 Å². The van der Waals surface area contributed by atoms with E-state index < -0.39 is 0 Å². The van der Waals surface area contributed by atoms with Crippen molar-refractivity contribution >= 4 is 28.6 Å². The number of nitrogen functional groups attached to an aromatic ring is 1. The molecule has 0 aliphatic rings. The van der Waals surface area contributed by atoms with Gasteiger partial charge in [-0.2, -0.15) is 0 Å². The van der Waals surface area contributed by atoms with Crippen molar-refractivity contribution in [2.45, 2.75) is 13.5 Å². The lowest BCUT2D eigenvalue weighted by atomic mass is 10.1. The fraction of sp³-hybridized carbons (Fsp3) is 0.286. The fourth-order valence-corrected chi connectivity index (χ4v) is 2.56. The topological polar surface area (TPSA) is 71.2 Å². The Balaban J connectivity index is 2.04. The van der Waals surface area contributed by atoms with E-state index >= 15 is 0 Å². The lowest BCUT2D eigenvalue weighted by Gasteiger charge is -2.15. The molecule has 0 fully saturated rings. The van der Waals surface area contributed by atoms with E-state index in [-0.39, 0.29) is 5.91 Å². The highest BCUT2D eigenvalue weighted by atomic mass is 32.1. The number of hydrogen-bond donors (Lipinski definition) is 2. The van der Waals surface area contributed by atoms with Gasteiger partial charge >= 0.3 is 0 Å². The summed E-state index contributed by atoms with van der Waals surface area (Å²) in [6, 6.07) is 5.31. The van der Waals surface area contributed by atoms with Crippen LogP contribution in [-0.4, -0.2) is 25.0 Å². The molecule has 2 rings (SSSR count). The molecule has 0 spiro atoms. The number of nitrogens with two attached hydrogens (primary N) is 1. The van der Waals surface area contributed by atoms with Crippen molar-refractivity contribution < 1.29 is 4.79 Å². The highest BCUT2D eigenvalue weighted by Gasteiger charge is 2.09. The zero-order chi connectivity index (χ0) is 14.7. The summed E-state index contributed by atoms with van der Waals surface area (Å²) < 4.78 is 0. The Bertz CT molecular complexity index is 621. The van der Waals surface area contributed by atoms with Crippen molar-refractivity contribution in [3.63, 3.8) is 0 Å². The van der Waals surface area contributed by atoms with Gasteiger partial charge in [0.25, 0.3) is 5.91 Å². The minimum absolute atomic E-state index is 0.144. The number of nitrogens with one attached hydrogen (secondary N) is 1. The van der Waals surface area contributed by atoms with Crippen molar-refractivity contribution in [2.24, 2.45) is 0 Å². The van der Waals surface area contributed by atoms with Gasteiger partial charge in [-0.15, -0.1) is 11.3 Å². The first-order chi connectivity index (χ1) is 9.47. The van der Waals surface area contributed by atoms with Crippen LogP contribution in [0.1, 0.15) is 21.1 Å². The van der Waals surface area contributed by atoms with Crippen LogP contribution in [0, 0.1) is 6.92 Å². The number of aromatic nitrogens is 1. The average molecular weight is 290 g/mol. The summed E-state index contributed by atoms with van der Waals surface area (Å²) in [5, 5.41) is 5.70. The number of carbonyl (C=O) groups excluding carboxylic acids is 1. The fourth-order valence-electron chi connectivity index (χ4n) is 1.84. The van der Waals surface area contributed by atoms with E-state index in [2.05, 4.69) is 10.3 Å². The lowest BCUT2D eigenvalue weighted by Crippen LogP contribution is -2.23. The van der Waals surface area contributed by atoms with Gasteiger partial charge in [-0.1, -0.05) is 0 Å². The summed E-state index contributed by atoms with van der Waals surface area (Å²) in [4.78, 5) is 18.3. The maximum atomic E-state index is 12.1. The van der Waals surface area contributed by atoms with Crippen molar-refractivity contribution in [2.75, 3.05) is 24.7 Å². The normalized spacial score (nSPS) is 10.3. The monoisotopic (exact) mass is 290 g/mol. The van der Waals surface area contributed by atoms with Gasteiger partial charge in [-0.3, -0.25) is 4.79 Å². The quantitative estimate of drug-likeness (QED) is 0.845. The van der Waals surface area contributed by atoms with E-state index in [0.717, 1.165) is 16.4 Å². The van der Waals surface area contributed by atoms with Crippen LogP contribution >= 0.6 is 11.3 Å². The van der Waals surface area contributed by atoms with E-state index in [1.54, 1.807) is 12.1 Å². The smallest absolute Gasteiger partial charge is 0.251 e. The van der Waals surface area contributed by atoms with E-state index in [0.29, 0.717) is 17.8 Å². The number of nitrogens with zero attached hydrogens (tertiary/aromatic N) is 2. The SMILES string of the molecule is Cc1csc(CNC(=O)c2ccc(N(C)C)c(N)c2)n1. The minimum atomic E-state index is -0.144. The second-order valence-electron chi connectivity index (χ2n) is 4.73. The molecule has 0 radical (unpaired) electrons. The van der Waals surface area contributed by atoms with Gasteiger partial charge in [0, 0.05) is 30.7 Å². The Morgan fingerprint density at radius 3 is 2.75 bits per heavy atom. The molecule has 0 aliphatic heterocycles. The highest BCUT2D eigenvalue weighted by Crippen LogP contribution is 2.22. The summed E-state index contributed by atoms with van der Waals surface area (Å²) in [6.45, 7) is 2.37. The summed E-state index contributed by atoms with van der Waals surface area (Å²) >= 11 is 1.54. The van der Waals surface area contributed by atoms with E-state index in [1.807, 2.05) is 37.4 Å². The molecule has 1 heterocycles. The number of rotatable bonds is 4.